The van der Waals surface area contributed by atoms with E-state index in [0.717, 1.165) is 24.7 Å². The Morgan fingerprint density at radius 1 is 1.00 bits per heavy atom. The fraction of sp³-hybridized carbons (Fsp3) is 0.273. The molecule has 1 aromatic heterocycles. The topological polar surface area (TPSA) is 50.6 Å². The van der Waals surface area contributed by atoms with Gasteiger partial charge < -0.3 is 14.5 Å². The molecule has 0 bridgehead atoms. The van der Waals surface area contributed by atoms with Crippen LogP contribution in [0.1, 0.15) is 15.9 Å². The number of aromatic nitrogens is 2. The largest absolute Gasteiger partial charge is 0.496 e. The van der Waals surface area contributed by atoms with Gasteiger partial charge in [-0.25, -0.2) is 4.98 Å². The van der Waals surface area contributed by atoms with E-state index < -0.39 is 0 Å². The molecular formula is C22H24N4O2. The van der Waals surface area contributed by atoms with Crippen molar-refractivity contribution in [2.45, 2.75) is 6.92 Å². The molecule has 3 aromatic rings. The van der Waals surface area contributed by atoms with Crippen molar-refractivity contribution < 1.29 is 9.53 Å². The van der Waals surface area contributed by atoms with Gasteiger partial charge in [0.1, 0.15) is 5.75 Å². The van der Waals surface area contributed by atoms with Crippen LogP contribution in [0.2, 0.25) is 0 Å². The third kappa shape index (κ3) is 3.45. The van der Waals surface area contributed by atoms with Crippen LogP contribution in [0.3, 0.4) is 0 Å². The second kappa shape index (κ2) is 7.76. The van der Waals surface area contributed by atoms with Crippen LogP contribution in [-0.4, -0.2) is 53.6 Å². The van der Waals surface area contributed by atoms with Crippen molar-refractivity contribution in [1.82, 2.24) is 14.5 Å². The van der Waals surface area contributed by atoms with E-state index >= 15 is 0 Å². The van der Waals surface area contributed by atoms with Crippen LogP contribution >= 0.6 is 0 Å². The summed E-state index contributed by atoms with van der Waals surface area (Å²) < 4.78 is 7.43. The summed E-state index contributed by atoms with van der Waals surface area (Å²) in [5.41, 5.74) is 2.93. The smallest absolute Gasteiger partial charge is 0.257 e. The van der Waals surface area contributed by atoms with E-state index in [1.807, 2.05) is 41.6 Å². The Balaban J connectivity index is 1.47. The van der Waals surface area contributed by atoms with Crippen molar-refractivity contribution in [3.8, 4) is 11.4 Å². The maximum absolute atomic E-state index is 12.9. The monoisotopic (exact) mass is 376 g/mol. The standard InChI is InChI=1S/C22H24N4O2/c1-17-7-9-18(10-8-17)26-12-11-23-22(26)25-15-13-24(14-16-25)21(27)19-5-3-4-6-20(19)28-2/h3-12H,13-16H2,1-2H3. The van der Waals surface area contributed by atoms with Gasteiger partial charge in [-0.05, 0) is 31.2 Å². The van der Waals surface area contributed by atoms with Crippen LogP contribution < -0.4 is 9.64 Å². The Kier molecular flexibility index (Phi) is 5.02. The molecule has 0 atom stereocenters. The van der Waals surface area contributed by atoms with Gasteiger partial charge in [0.05, 0.1) is 12.7 Å². The van der Waals surface area contributed by atoms with E-state index in [9.17, 15) is 4.79 Å². The lowest BCUT2D eigenvalue weighted by Gasteiger charge is -2.35. The molecule has 144 valence electrons. The summed E-state index contributed by atoms with van der Waals surface area (Å²) in [6.07, 6.45) is 3.80. The maximum atomic E-state index is 12.9. The molecule has 2 heterocycles. The number of aryl methyl sites for hydroxylation is 1. The quantitative estimate of drug-likeness (QED) is 0.702. The maximum Gasteiger partial charge on any atom is 0.257 e. The fourth-order valence-electron chi connectivity index (χ4n) is 3.54. The minimum atomic E-state index is 0.0129. The van der Waals surface area contributed by atoms with Gasteiger partial charge in [-0.2, -0.15) is 0 Å². The van der Waals surface area contributed by atoms with Crippen LogP contribution in [0.5, 0.6) is 5.75 Å². The number of carbonyl (C=O) groups is 1. The van der Waals surface area contributed by atoms with Crippen LogP contribution in [-0.2, 0) is 0 Å². The molecule has 2 aromatic carbocycles. The molecule has 0 spiro atoms. The van der Waals surface area contributed by atoms with E-state index in [4.69, 9.17) is 4.74 Å². The number of anilines is 1. The second-order valence-electron chi connectivity index (χ2n) is 6.91. The number of hydrogen-bond acceptors (Lipinski definition) is 4. The van der Waals surface area contributed by atoms with E-state index in [0.29, 0.717) is 24.4 Å². The summed E-state index contributed by atoms with van der Waals surface area (Å²) in [5.74, 6) is 1.54. The van der Waals surface area contributed by atoms with E-state index in [2.05, 4.69) is 45.6 Å². The molecule has 0 radical (unpaired) electrons. The van der Waals surface area contributed by atoms with Gasteiger partial charge in [0, 0.05) is 44.3 Å². The molecule has 0 N–H and O–H groups in total. The summed E-state index contributed by atoms with van der Waals surface area (Å²) in [4.78, 5) is 21.6. The summed E-state index contributed by atoms with van der Waals surface area (Å²) in [7, 11) is 1.59. The average molecular weight is 376 g/mol. The fourth-order valence-corrected chi connectivity index (χ4v) is 3.54. The lowest BCUT2D eigenvalue weighted by Crippen LogP contribution is -2.49. The predicted molar refractivity (Wildman–Crippen MR) is 109 cm³/mol. The third-order valence-corrected chi connectivity index (χ3v) is 5.12. The Morgan fingerprint density at radius 2 is 1.71 bits per heavy atom. The molecule has 0 saturated carbocycles. The first-order chi connectivity index (χ1) is 13.7. The lowest BCUT2D eigenvalue weighted by atomic mass is 10.1. The normalized spacial score (nSPS) is 14.2. The van der Waals surface area contributed by atoms with Crippen LogP contribution in [0, 0.1) is 6.92 Å². The van der Waals surface area contributed by atoms with Crippen LogP contribution in [0.4, 0.5) is 5.95 Å². The third-order valence-electron chi connectivity index (χ3n) is 5.12. The van der Waals surface area contributed by atoms with Crippen LogP contribution in [0.15, 0.2) is 60.9 Å². The number of imidazole rings is 1. The minimum absolute atomic E-state index is 0.0129. The highest BCUT2D eigenvalue weighted by Crippen LogP contribution is 2.23. The van der Waals surface area contributed by atoms with Gasteiger partial charge in [-0.15, -0.1) is 0 Å². The van der Waals surface area contributed by atoms with Gasteiger partial charge in [0.15, 0.2) is 0 Å². The molecule has 1 fully saturated rings. The van der Waals surface area contributed by atoms with E-state index in [1.54, 1.807) is 7.11 Å². The van der Waals surface area contributed by atoms with E-state index in [1.165, 1.54) is 5.56 Å². The zero-order chi connectivity index (χ0) is 19.5. The van der Waals surface area contributed by atoms with Crippen molar-refractivity contribution in [2.75, 3.05) is 38.2 Å². The number of rotatable bonds is 4. The van der Waals surface area contributed by atoms with Crippen LogP contribution in [0.25, 0.3) is 5.69 Å². The molecule has 1 amide bonds. The molecule has 0 aliphatic carbocycles. The highest BCUT2D eigenvalue weighted by molar-refractivity contribution is 5.97. The SMILES string of the molecule is COc1ccccc1C(=O)N1CCN(c2nccn2-c2ccc(C)cc2)CC1. The molecule has 0 unspecified atom stereocenters. The van der Waals surface area contributed by atoms with Gasteiger partial charge >= 0.3 is 0 Å². The van der Waals surface area contributed by atoms with Gasteiger partial charge in [0.2, 0.25) is 5.95 Å². The minimum Gasteiger partial charge on any atom is -0.496 e. The Labute approximate surface area is 165 Å². The molecule has 1 aliphatic rings. The zero-order valence-electron chi connectivity index (χ0n) is 16.2. The lowest BCUT2D eigenvalue weighted by molar-refractivity contribution is 0.0743. The first-order valence-corrected chi connectivity index (χ1v) is 9.45. The molecule has 1 saturated heterocycles. The van der Waals surface area contributed by atoms with Gasteiger partial charge in [-0.1, -0.05) is 29.8 Å². The summed E-state index contributed by atoms with van der Waals surface area (Å²) >= 11 is 0. The number of methoxy groups -OCH3 is 1. The highest BCUT2D eigenvalue weighted by Gasteiger charge is 2.26. The summed E-state index contributed by atoms with van der Waals surface area (Å²) in [6.45, 7) is 4.86. The number of piperazine rings is 1. The molecule has 4 rings (SSSR count). The molecule has 6 nitrogen and oxygen atoms in total. The van der Waals surface area contributed by atoms with Gasteiger partial charge in [0.25, 0.3) is 5.91 Å². The summed E-state index contributed by atoms with van der Waals surface area (Å²) in [6, 6.07) is 15.8. The zero-order valence-corrected chi connectivity index (χ0v) is 16.2. The number of para-hydroxylation sites is 1. The number of amides is 1. The highest BCUT2D eigenvalue weighted by atomic mass is 16.5. The first-order valence-electron chi connectivity index (χ1n) is 9.45. The first kappa shape index (κ1) is 18.1. The number of carbonyl (C=O) groups excluding carboxylic acids is 1. The molecule has 6 heteroatoms. The number of nitrogens with zero attached hydrogens (tertiary/aromatic N) is 4. The molecule has 1 aliphatic heterocycles. The Morgan fingerprint density at radius 3 is 2.43 bits per heavy atom. The predicted octanol–water partition coefficient (Wildman–Crippen LogP) is 3.15. The summed E-state index contributed by atoms with van der Waals surface area (Å²) in [5, 5.41) is 0. The van der Waals surface area contributed by atoms with Crippen molar-refractivity contribution in [2.24, 2.45) is 0 Å². The number of ether oxygens (including phenoxy) is 1. The van der Waals surface area contributed by atoms with Gasteiger partial charge in [-0.3, -0.25) is 9.36 Å². The number of benzene rings is 2. The van der Waals surface area contributed by atoms with Crippen molar-refractivity contribution in [3.05, 3.63) is 72.1 Å². The Bertz CT molecular complexity index is 957. The second-order valence-corrected chi connectivity index (χ2v) is 6.91. The van der Waals surface area contributed by atoms with Crippen molar-refractivity contribution >= 4 is 11.9 Å². The molecular weight excluding hydrogens is 352 g/mol. The Hall–Kier alpha value is -3.28. The van der Waals surface area contributed by atoms with Crippen molar-refractivity contribution in [1.29, 1.82) is 0 Å². The number of hydrogen-bond donors (Lipinski definition) is 0. The van der Waals surface area contributed by atoms with E-state index in [-0.39, 0.29) is 5.91 Å². The van der Waals surface area contributed by atoms with Crippen molar-refractivity contribution in [3.63, 3.8) is 0 Å². The molecule has 28 heavy (non-hydrogen) atoms. The average Bonchev–Trinajstić information content (AvgIpc) is 3.23.